The van der Waals surface area contributed by atoms with Crippen LogP contribution in [-0.4, -0.2) is 196 Å². The summed E-state index contributed by atoms with van der Waals surface area (Å²) in [6.07, 6.45) is 2.99. The Balaban J connectivity index is -0.000000379. The first-order valence-electron chi connectivity index (χ1n) is 42.9. The van der Waals surface area contributed by atoms with Crippen LogP contribution in [-0.2, 0) is 87.9 Å². The number of ether oxygens (including phenoxy) is 4. The number of esters is 4. The molecule has 0 aromatic heterocycles. The number of alkyl halides is 3. The van der Waals surface area contributed by atoms with Crippen molar-refractivity contribution in [2.45, 2.75) is 159 Å². The second-order valence-electron chi connectivity index (χ2n) is 29.5. The number of anilines is 2. The molecule has 10 N–H and O–H groups in total. The van der Waals surface area contributed by atoms with Crippen LogP contribution in [0.25, 0.3) is 0 Å². The highest BCUT2D eigenvalue weighted by atomic mass is 35.5. The van der Waals surface area contributed by atoms with Crippen molar-refractivity contribution in [2.75, 3.05) is 89.4 Å². The lowest BCUT2D eigenvalue weighted by molar-refractivity contribution is -0.385. The molecule has 0 aliphatic carbocycles. The van der Waals surface area contributed by atoms with Crippen molar-refractivity contribution in [3.05, 3.63) is 295 Å². The molecule has 0 saturated heterocycles. The molecule has 8 aromatic carbocycles. The van der Waals surface area contributed by atoms with Gasteiger partial charge in [0.05, 0.1) is 108 Å². The maximum absolute atomic E-state index is 11.6. The Morgan fingerprint density at radius 2 is 0.721 bits per heavy atom. The molecule has 51 heteroatoms. The number of carboxylic acids is 2. The number of hydrogen-bond donors (Lipinski definition) is 8. The molecular weight excluding hydrogens is 2040 g/mol. The summed E-state index contributed by atoms with van der Waals surface area (Å²) < 4.78 is 18.8. The van der Waals surface area contributed by atoms with Crippen LogP contribution in [0.15, 0.2) is 146 Å². The number of aldehydes is 2. The molecule has 8 aromatic rings. The molecule has 5 unspecified atom stereocenters. The van der Waals surface area contributed by atoms with Gasteiger partial charge in [-0.1, -0.05) is 58.0 Å². The standard InChI is InChI=1S/C17H26Cl2N2O2.C13H18N2O4.C13H20N2O2.C12H15NO4.C10H12N2O4.C8H7NO4.C8H9NO3.C8H7NO3.2C2H3ClO.3CO2.ClH/c1-4-20-16(12-17(22)23-3)15-6-5-14(11-13(15)2)21(9-7-18)10-8-19;1-4-14-12(8-13(16)19-3)11-6-5-10(15(17)18)7-9(11)2;1-4-15-12(8-13(16)17-3)11-6-5-10(14)7-9(11)2;1-8-6-10(13(15)16)4-5-11(8)9(2)7-12(14)17-3;1-6-4-7(12(15)16)2-3-8(6)9(11)5-10(13)14;1-5-4-6(9(12)13)2-3-7(5)8(10)11;2*1-6-4-8(9(11)12)3-2-7(6)5-10;1-2(3)4;3-1-2-4;3*2-1-3;/h5-6,11,16,20H,4,7-10,12H2,1-3H3;5-7,12,14H,4,8H2,1-3H3;5-7,12,15H,4,8,14H2,1-3H3;4-6,9H,7H2,1-3H3;2-4,9H,5,11H2,1H3,(H,13,14);2-4H,1H3,(H,10,11);2-4,10H,5H2,1H3;2-5H,1H3;1H3;2H,1H2;;;;1H/p-1. The number of benzene rings is 8. The largest absolute Gasteiger partial charge is 1.00 e. The van der Waals surface area contributed by atoms with Gasteiger partial charge < -0.3 is 83.8 Å². The monoisotopic (exact) mass is 2160 g/mol. The zero-order chi connectivity index (χ0) is 113. The van der Waals surface area contributed by atoms with Crippen LogP contribution in [0.2, 0.25) is 0 Å². The first-order valence-corrected chi connectivity index (χ1v) is 44.9. The predicted octanol–water partition coefficient (Wildman–Crippen LogP) is 12.5. The minimum Gasteiger partial charge on any atom is -1.00 e. The molecule has 0 amide bonds. The van der Waals surface area contributed by atoms with E-state index in [2.05, 4.69) is 67.0 Å². The summed E-state index contributed by atoms with van der Waals surface area (Å²) >= 11 is 21.2. The lowest BCUT2D eigenvalue weighted by Crippen LogP contribution is -3.00. The topological polar surface area (TPSA) is 704 Å². The van der Waals surface area contributed by atoms with Crippen LogP contribution in [0.3, 0.4) is 0 Å². The molecule has 46 nitrogen and oxygen atoms in total. The van der Waals surface area contributed by atoms with Crippen molar-refractivity contribution in [1.29, 1.82) is 0 Å². The highest BCUT2D eigenvalue weighted by molar-refractivity contribution is 6.62. The Morgan fingerprint density at radius 1 is 0.435 bits per heavy atom. The van der Waals surface area contributed by atoms with Gasteiger partial charge in [0.2, 0.25) is 5.24 Å². The Bertz CT molecular complexity index is 5630. The molecule has 0 fully saturated rings. The zero-order valence-corrected chi connectivity index (χ0v) is 87.2. The maximum Gasteiger partial charge on any atom is 0.373 e. The fourth-order valence-corrected chi connectivity index (χ4v) is 13.0. The molecular formula is C96H120Cl5N12O34-. The molecule has 0 spiro atoms. The van der Waals surface area contributed by atoms with E-state index in [1.807, 2.05) is 52.8 Å². The summed E-state index contributed by atoms with van der Waals surface area (Å²) in [6, 6.07) is 36.8. The van der Waals surface area contributed by atoms with Crippen molar-refractivity contribution in [3.63, 3.8) is 0 Å². The van der Waals surface area contributed by atoms with Gasteiger partial charge in [-0.3, -0.25) is 94.2 Å². The van der Waals surface area contributed by atoms with Crippen molar-refractivity contribution < 1.29 is 148 Å². The number of aliphatic carboxylic acids is 1. The molecule has 0 heterocycles. The number of nitrogens with zero attached hydrogens (tertiary/aromatic N) is 7. The van der Waals surface area contributed by atoms with E-state index < -0.39 is 47.5 Å². The number of nitrogens with two attached hydrogens (primary N) is 2. The lowest BCUT2D eigenvalue weighted by atomic mass is 9.93. The van der Waals surface area contributed by atoms with Crippen molar-refractivity contribution in [2.24, 2.45) is 5.73 Å². The Labute approximate surface area is 872 Å². The van der Waals surface area contributed by atoms with Gasteiger partial charge in [-0.2, -0.15) is 28.8 Å². The Morgan fingerprint density at radius 3 is 0.993 bits per heavy atom. The van der Waals surface area contributed by atoms with Crippen LogP contribution in [0.4, 0.5) is 45.5 Å². The smallest absolute Gasteiger partial charge is 0.373 e. The SMILES string of the molecule is CC(=O)Cl.CCNC(CC(=O)OC)c1ccc(N(CCCl)CCCl)cc1C.CCNC(CC(=O)OC)c1ccc(N)cc1C.CCNC(CC(=O)OC)c1ccc([N+](=O)[O-])cc1C.COC(=O)CC(C)c1ccc([N+](=O)[O-])cc1C.Cc1cc([N+](=O)[O-])ccc1C(=O)O.Cc1cc([N+](=O)[O-])ccc1C(N)CC(=O)O.Cc1cc([N+](=O)[O-])ccc1C=O.Cc1cc([N+](=O)[O-])ccc1CO.O=C=O.O=C=O.O=C=O.O=CCCl.[Cl-]. The number of hydrogen-bond acceptors (Lipinski definition) is 38. The number of aliphatic hydroxyl groups is 1. The molecule has 0 saturated carbocycles. The summed E-state index contributed by atoms with van der Waals surface area (Å²) in [5.74, 6) is -1.89. The summed E-state index contributed by atoms with van der Waals surface area (Å²) in [5, 5.41) is 98.1. The fourth-order valence-electron chi connectivity index (χ4n) is 12.6. The molecule has 8 rings (SSSR count). The molecule has 0 radical (unpaired) electrons. The quantitative estimate of drug-likeness (QED) is 0.00264. The van der Waals surface area contributed by atoms with Crippen LogP contribution < -0.4 is 44.7 Å². The number of carbonyl (C=O) groups is 9. The zero-order valence-electron chi connectivity index (χ0n) is 83.5. The third-order valence-corrected chi connectivity index (χ3v) is 19.8. The van der Waals surface area contributed by atoms with Gasteiger partial charge in [-0.05, 0) is 213 Å². The van der Waals surface area contributed by atoms with Crippen molar-refractivity contribution in [3.8, 4) is 0 Å². The number of aryl methyl sites for hydroxylation is 8. The maximum atomic E-state index is 11.6. The van der Waals surface area contributed by atoms with Gasteiger partial charge in [-0.25, -0.2) is 4.79 Å². The van der Waals surface area contributed by atoms with Crippen molar-refractivity contribution >= 4 is 164 Å². The van der Waals surface area contributed by atoms with Gasteiger partial charge in [0.25, 0.3) is 34.1 Å². The number of nitro benzene ring substituents is 6. The number of nitrogen functional groups attached to an aromatic ring is 1. The van der Waals surface area contributed by atoms with E-state index >= 15 is 0 Å². The summed E-state index contributed by atoms with van der Waals surface area (Å²) in [4.78, 5) is 206. The highest BCUT2D eigenvalue weighted by Gasteiger charge is 2.24. The van der Waals surface area contributed by atoms with E-state index in [1.54, 1.807) is 52.8 Å². The van der Waals surface area contributed by atoms with E-state index in [1.165, 1.54) is 133 Å². The molecule has 147 heavy (non-hydrogen) atoms. The molecule has 0 bridgehead atoms. The number of halogens is 5. The number of nitro groups is 6. The molecule has 0 aliphatic heterocycles. The molecule has 0 aliphatic rings. The minimum absolute atomic E-state index is 0. The van der Waals surface area contributed by atoms with Crippen molar-refractivity contribution in [1.82, 2.24) is 16.0 Å². The Hall–Kier alpha value is -15.0. The third kappa shape index (κ3) is 61.0. The summed E-state index contributed by atoms with van der Waals surface area (Å²) in [5.41, 5.74) is 25.4. The summed E-state index contributed by atoms with van der Waals surface area (Å²) in [7, 11) is 5.50. The minimum atomic E-state index is -1.08. The number of nitrogens with one attached hydrogen (secondary N) is 3. The van der Waals surface area contributed by atoms with Crippen LogP contribution >= 0.6 is 46.4 Å². The number of non-ortho nitro benzene ring substituents is 6. The van der Waals surface area contributed by atoms with E-state index in [0.29, 0.717) is 71.5 Å². The number of aliphatic hydroxyl groups excluding tert-OH is 1. The number of carboxylic acid groups (broad SMARTS) is 2. The highest BCUT2D eigenvalue weighted by Crippen LogP contribution is 2.32. The van der Waals surface area contributed by atoms with Gasteiger partial charge >= 0.3 is 54.3 Å². The van der Waals surface area contributed by atoms with E-state index in [0.717, 1.165) is 93.2 Å². The van der Waals surface area contributed by atoms with Crippen LogP contribution in [0, 0.1) is 116 Å². The van der Waals surface area contributed by atoms with Gasteiger partial charge in [0.15, 0.2) is 0 Å². The van der Waals surface area contributed by atoms with Crippen LogP contribution in [0.5, 0.6) is 0 Å². The van der Waals surface area contributed by atoms with Crippen LogP contribution in [0.1, 0.15) is 195 Å². The molecule has 5 atom stereocenters. The van der Waals surface area contributed by atoms with Gasteiger partial charge in [-0.15, -0.1) is 34.8 Å². The normalized spacial score (nSPS) is 10.5. The fraction of sp³-hybridized carbons (Fsp3) is 0.375. The van der Waals surface area contributed by atoms with E-state index in [9.17, 15) is 99.0 Å². The third-order valence-electron chi connectivity index (χ3n) is 19.3. The Kier molecular flexibility index (Phi) is 79.9. The summed E-state index contributed by atoms with van der Waals surface area (Å²) in [6.45, 7) is 27.1. The van der Waals surface area contributed by atoms with Gasteiger partial charge in [0, 0.05) is 146 Å². The first-order chi connectivity index (χ1) is 68.7. The predicted molar refractivity (Wildman–Crippen MR) is 537 cm³/mol. The average molecular weight is 2160 g/mol. The second kappa shape index (κ2) is 82.3. The average Bonchev–Trinajstić information content (AvgIpc) is 0.824. The lowest BCUT2D eigenvalue weighted by Gasteiger charge is -2.25. The second-order valence-corrected chi connectivity index (χ2v) is 31.1. The van der Waals surface area contributed by atoms with E-state index in [4.69, 9.17) is 105 Å². The van der Waals surface area contributed by atoms with E-state index in [-0.39, 0.29) is 155 Å². The van der Waals surface area contributed by atoms with Gasteiger partial charge in [0.1, 0.15) is 12.6 Å². The number of carbonyl (C=O) groups excluding carboxylic acids is 13. The number of aromatic carboxylic acids is 1. The molecule has 804 valence electrons. The number of methoxy groups -OCH3 is 4. The first kappa shape index (κ1) is 143. The number of rotatable bonds is 36.